The van der Waals surface area contributed by atoms with E-state index >= 15 is 0 Å². The lowest BCUT2D eigenvalue weighted by Gasteiger charge is -2.26. The van der Waals surface area contributed by atoms with Crippen LogP contribution in [0.2, 0.25) is 0 Å². The molecule has 1 aliphatic heterocycles. The Balaban J connectivity index is 2.31. The summed E-state index contributed by atoms with van der Waals surface area (Å²) < 4.78 is 5.54. The monoisotopic (exact) mass is 214 g/mol. The predicted octanol–water partition coefficient (Wildman–Crippen LogP) is 0.753. The maximum atomic E-state index is 11.8. The zero-order valence-corrected chi connectivity index (χ0v) is 9.58. The van der Waals surface area contributed by atoms with Crippen LogP contribution in [0.5, 0.6) is 0 Å². The molecular formula is C11H22N2O2. The number of likely N-dealkylation sites (N-methyl/N-ethyl adjacent to an activating group) is 1. The van der Waals surface area contributed by atoms with Crippen molar-refractivity contribution in [3.8, 4) is 0 Å². The van der Waals surface area contributed by atoms with Crippen LogP contribution in [0.3, 0.4) is 0 Å². The molecule has 0 aliphatic carbocycles. The van der Waals surface area contributed by atoms with E-state index in [0.717, 1.165) is 26.0 Å². The standard InChI is InChI=1S/C11H22N2O2/c1-2-13(7-6-12)11(14)9-10-5-3-4-8-15-10/h10H,2-9,12H2,1H3. The number of hydrogen-bond acceptors (Lipinski definition) is 3. The SMILES string of the molecule is CCN(CCN)C(=O)CC1CCCCO1. The van der Waals surface area contributed by atoms with E-state index in [1.807, 2.05) is 6.92 Å². The molecule has 2 N–H and O–H groups in total. The van der Waals surface area contributed by atoms with Gasteiger partial charge in [0.1, 0.15) is 0 Å². The number of amides is 1. The first-order chi connectivity index (χ1) is 7.27. The van der Waals surface area contributed by atoms with E-state index in [1.54, 1.807) is 4.90 Å². The Labute approximate surface area is 91.8 Å². The van der Waals surface area contributed by atoms with Crippen LogP contribution in [0.15, 0.2) is 0 Å². The first-order valence-electron chi connectivity index (χ1n) is 5.87. The predicted molar refractivity (Wildman–Crippen MR) is 59.5 cm³/mol. The van der Waals surface area contributed by atoms with Gasteiger partial charge in [-0.25, -0.2) is 0 Å². The van der Waals surface area contributed by atoms with Crippen LogP contribution in [0, 0.1) is 0 Å². The lowest BCUT2D eigenvalue weighted by Crippen LogP contribution is -2.37. The molecule has 1 unspecified atom stereocenters. The van der Waals surface area contributed by atoms with Gasteiger partial charge >= 0.3 is 0 Å². The number of carbonyl (C=O) groups is 1. The fourth-order valence-electron chi connectivity index (χ4n) is 1.91. The maximum absolute atomic E-state index is 11.8. The molecule has 88 valence electrons. The number of ether oxygens (including phenoxy) is 1. The van der Waals surface area contributed by atoms with Crippen molar-refractivity contribution in [2.24, 2.45) is 5.73 Å². The topological polar surface area (TPSA) is 55.6 Å². The molecule has 1 fully saturated rings. The highest BCUT2D eigenvalue weighted by Crippen LogP contribution is 2.16. The molecule has 0 aromatic rings. The van der Waals surface area contributed by atoms with E-state index in [9.17, 15) is 4.79 Å². The van der Waals surface area contributed by atoms with Gasteiger partial charge in [0.25, 0.3) is 0 Å². The normalized spacial score (nSPS) is 21.3. The van der Waals surface area contributed by atoms with E-state index < -0.39 is 0 Å². The Morgan fingerprint density at radius 3 is 2.87 bits per heavy atom. The van der Waals surface area contributed by atoms with Crippen LogP contribution in [-0.4, -0.2) is 43.2 Å². The van der Waals surface area contributed by atoms with Crippen molar-refractivity contribution < 1.29 is 9.53 Å². The summed E-state index contributed by atoms with van der Waals surface area (Å²) in [5.74, 6) is 0.176. The second kappa shape index (κ2) is 6.80. The molecule has 1 rings (SSSR count). The Morgan fingerprint density at radius 2 is 2.33 bits per heavy atom. The molecule has 1 heterocycles. The maximum Gasteiger partial charge on any atom is 0.225 e. The van der Waals surface area contributed by atoms with Gasteiger partial charge in [-0.15, -0.1) is 0 Å². The smallest absolute Gasteiger partial charge is 0.225 e. The number of hydrogen-bond donors (Lipinski definition) is 1. The highest BCUT2D eigenvalue weighted by molar-refractivity contribution is 5.76. The van der Waals surface area contributed by atoms with Crippen molar-refractivity contribution in [2.75, 3.05) is 26.2 Å². The Morgan fingerprint density at radius 1 is 1.53 bits per heavy atom. The lowest BCUT2D eigenvalue weighted by molar-refractivity contribution is -0.134. The first-order valence-corrected chi connectivity index (χ1v) is 5.87. The highest BCUT2D eigenvalue weighted by atomic mass is 16.5. The van der Waals surface area contributed by atoms with Gasteiger partial charge in [-0.05, 0) is 26.2 Å². The van der Waals surface area contributed by atoms with Gasteiger partial charge in [-0.3, -0.25) is 4.79 Å². The average Bonchev–Trinajstić information content (AvgIpc) is 2.27. The second-order valence-corrected chi connectivity index (χ2v) is 3.95. The molecule has 4 nitrogen and oxygen atoms in total. The summed E-state index contributed by atoms with van der Waals surface area (Å²) in [5, 5.41) is 0. The Bertz CT molecular complexity index is 191. The molecule has 0 aromatic heterocycles. The van der Waals surface area contributed by atoms with E-state index in [1.165, 1.54) is 6.42 Å². The molecule has 1 aliphatic rings. The minimum absolute atomic E-state index is 0.137. The van der Waals surface area contributed by atoms with Crippen LogP contribution in [0.1, 0.15) is 32.6 Å². The van der Waals surface area contributed by atoms with E-state index in [0.29, 0.717) is 19.5 Å². The van der Waals surface area contributed by atoms with Crippen molar-refractivity contribution in [1.29, 1.82) is 0 Å². The molecular weight excluding hydrogens is 192 g/mol. The summed E-state index contributed by atoms with van der Waals surface area (Å²) in [6.45, 7) is 4.71. The van der Waals surface area contributed by atoms with Crippen LogP contribution >= 0.6 is 0 Å². The molecule has 0 saturated carbocycles. The molecule has 0 bridgehead atoms. The van der Waals surface area contributed by atoms with Crippen molar-refractivity contribution in [2.45, 2.75) is 38.7 Å². The van der Waals surface area contributed by atoms with Crippen molar-refractivity contribution in [3.63, 3.8) is 0 Å². The van der Waals surface area contributed by atoms with Crippen molar-refractivity contribution in [1.82, 2.24) is 4.90 Å². The van der Waals surface area contributed by atoms with Crippen LogP contribution in [-0.2, 0) is 9.53 Å². The molecule has 15 heavy (non-hydrogen) atoms. The third-order valence-corrected chi connectivity index (χ3v) is 2.81. The third-order valence-electron chi connectivity index (χ3n) is 2.81. The van der Waals surface area contributed by atoms with Gasteiger partial charge in [0.05, 0.1) is 12.5 Å². The van der Waals surface area contributed by atoms with Crippen molar-refractivity contribution in [3.05, 3.63) is 0 Å². The number of nitrogens with zero attached hydrogens (tertiary/aromatic N) is 1. The van der Waals surface area contributed by atoms with Crippen molar-refractivity contribution >= 4 is 5.91 Å². The Hall–Kier alpha value is -0.610. The molecule has 0 radical (unpaired) electrons. The van der Waals surface area contributed by atoms with Gasteiger partial charge in [0, 0.05) is 26.2 Å². The summed E-state index contributed by atoms with van der Waals surface area (Å²) >= 11 is 0. The summed E-state index contributed by atoms with van der Waals surface area (Å²) in [7, 11) is 0. The van der Waals surface area contributed by atoms with Gasteiger partial charge in [-0.1, -0.05) is 0 Å². The van der Waals surface area contributed by atoms with Crippen LogP contribution in [0.25, 0.3) is 0 Å². The minimum atomic E-state index is 0.137. The van der Waals surface area contributed by atoms with Crippen LogP contribution in [0.4, 0.5) is 0 Å². The summed E-state index contributed by atoms with van der Waals surface area (Å²) in [4.78, 5) is 13.6. The summed E-state index contributed by atoms with van der Waals surface area (Å²) in [5.41, 5.74) is 5.45. The summed E-state index contributed by atoms with van der Waals surface area (Å²) in [6, 6.07) is 0. The van der Waals surface area contributed by atoms with E-state index in [2.05, 4.69) is 0 Å². The fourth-order valence-corrected chi connectivity index (χ4v) is 1.91. The molecule has 4 heteroatoms. The number of rotatable bonds is 5. The van der Waals surface area contributed by atoms with Gasteiger partial charge in [0.2, 0.25) is 5.91 Å². The fraction of sp³-hybridized carbons (Fsp3) is 0.909. The zero-order chi connectivity index (χ0) is 11.1. The first kappa shape index (κ1) is 12.5. The lowest BCUT2D eigenvalue weighted by atomic mass is 10.1. The van der Waals surface area contributed by atoms with Gasteiger partial charge in [0.15, 0.2) is 0 Å². The third kappa shape index (κ3) is 4.18. The summed E-state index contributed by atoms with van der Waals surface area (Å²) in [6.07, 6.45) is 3.99. The molecule has 1 atom stereocenters. The number of nitrogens with two attached hydrogens (primary N) is 1. The molecule has 0 aromatic carbocycles. The van der Waals surface area contributed by atoms with Crippen LogP contribution < -0.4 is 5.73 Å². The highest BCUT2D eigenvalue weighted by Gasteiger charge is 2.20. The number of carbonyl (C=O) groups excluding carboxylic acids is 1. The molecule has 1 saturated heterocycles. The molecule has 1 amide bonds. The zero-order valence-electron chi connectivity index (χ0n) is 9.58. The minimum Gasteiger partial charge on any atom is -0.378 e. The van der Waals surface area contributed by atoms with Gasteiger partial charge in [-0.2, -0.15) is 0 Å². The van der Waals surface area contributed by atoms with Gasteiger partial charge < -0.3 is 15.4 Å². The largest absolute Gasteiger partial charge is 0.378 e. The van der Waals surface area contributed by atoms with E-state index in [4.69, 9.17) is 10.5 Å². The van der Waals surface area contributed by atoms with E-state index in [-0.39, 0.29) is 12.0 Å². The average molecular weight is 214 g/mol. The Kier molecular flexibility index (Phi) is 5.65. The molecule has 0 spiro atoms. The second-order valence-electron chi connectivity index (χ2n) is 3.95. The quantitative estimate of drug-likeness (QED) is 0.735.